The lowest BCUT2D eigenvalue weighted by Gasteiger charge is -2.18. The van der Waals surface area contributed by atoms with Crippen molar-refractivity contribution in [2.75, 3.05) is 17.3 Å². The molecule has 3 rings (SSSR count). The molecule has 2 heterocycles. The van der Waals surface area contributed by atoms with Gasteiger partial charge in [0, 0.05) is 7.05 Å². The van der Waals surface area contributed by atoms with Gasteiger partial charge in [0.15, 0.2) is 5.82 Å². The molecular formula is C14H14N4O. The zero-order valence-electron chi connectivity index (χ0n) is 11.1. The van der Waals surface area contributed by atoms with E-state index in [4.69, 9.17) is 0 Å². The number of rotatable bonds is 0. The van der Waals surface area contributed by atoms with Crippen molar-refractivity contribution in [3.63, 3.8) is 0 Å². The average Bonchev–Trinajstić information content (AvgIpc) is 2.46. The van der Waals surface area contributed by atoms with Crippen molar-refractivity contribution in [1.29, 1.82) is 0 Å². The third kappa shape index (κ3) is 1.74. The fraction of sp³-hybridized carbons (Fsp3) is 0.214. The van der Waals surface area contributed by atoms with Gasteiger partial charge in [-0.25, -0.2) is 9.97 Å². The summed E-state index contributed by atoms with van der Waals surface area (Å²) in [6, 6.07) is 7.43. The summed E-state index contributed by atoms with van der Waals surface area (Å²) in [7, 11) is 1.75. The molecule has 0 spiro atoms. The Balaban J connectivity index is 2.28. The number of nitrogens with zero attached hydrogens (tertiary/aromatic N) is 3. The van der Waals surface area contributed by atoms with Gasteiger partial charge in [-0.15, -0.1) is 0 Å². The van der Waals surface area contributed by atoms with Gasteiger partial charge < -0.3 is 10.2 Å². The van der Waals surface area contributed by atoms with Crippen molar-refractivity contribution in [2.45, 2.75) is 13.8 Å². The van der Waals surface area contributed by atoms with E-state index in [0.29, 0.717) is 17.2 Å². The highest BCUT2D eigenvalue weighted by molar-refractivity contribution is 6.13. The Morgan fingerprint density at radius 2 is 1.89 bits per heavy atom. The van der Waals surface area contributed by atoms with Crippen molar-refractivity contribution >= 4 is 23.1 Å². The first-order chi connectivity index (χ1) is 9.08. The Kier molecular flexibility index (Phi) is 2.48. The zero-order chi connectivity index (χ0) is 13.6. The topological polar surface area (TPSA) is 58.1 Å². The number of aryl methyl sites for hydroxylation is 2. The number of benzene rings is 1. The molecule has 2 aromatic rings. The lowest BCUT2D eigenvalue weighted by atomic mass is 10.1. The smallest absolute Gasteiger partial charge is 0.260 e. The van der Waals surface area contributed by atoms with E-state index in [1.807, 2.05) is 38.1 Å². The number of nitrogens with one attached hydrogen (secondary N) is 1. The van der Waals surface area contributed by atoms with E-state index in [-0.39, 0.29) is 5.91 Å². The van der Waals surface area contributed by atoms with Crippen molar-refractivity contribution in [1.82, 2.24) is 9.97 Å². The SMILES string of the molecule is Cc1nc(C)c2c(n1)Nc1ccccc1C(=O)N2C. The summed E-state index contributed by atoms with van der Waals surface area (Å²) in [4.78, 5) is 22.8. The number of hydrogen-bond acceptors (Lipinski definition) is 4. The molecule has 5 heteroatoms. The van der Waals surface area contributed by atoms with Gasteiger partial charge in [-0.05, 0) is 26.0 Å². The molecule has 5 nitrogen and oxygen atoms in total. The Bertz CT molecular complexity index is 681. The second-order valence-corrected chi connectivity index (χ2v) is 4.59. The van der Waals surface area contributed by atoms with Gasteiger partial charge in [0.2, 0.25) is 0 Å². The van der Waals surface area contributed by atoms with Gasteiger partial charge in [-0.2, -0.15) is 0 Å². The molecular weight excluding hydrogens is 240 g/mol. The summed E-state index contributed by atoms with van der Waals surface area (Å²) >= 11 is 0. The molecule has 1 amide bonds. The molecule has 19 heavy (non-hydrogen) atoms. The van der Waals surface area contributed by atoms with Crippen LogP contribution in [0.1, 0.15) is 21.9 Å². The summed E-state index contributed by atoms with van der Waals surface area (Å²) in [6.07, 6.45) is 0. The normalized spacial score (nSPS) is 13.4. The standard InChI is InChI=1S/C14H14N4O/c1-8-12-13(16-9(2)15-8)17-11-7-5-4-6-10(11)14(19)18(12)3/h4-7H,1-3H3,(H,15,16,17). The maximum atomic E-state index is 12.5. The highest BCUT2D eigenvalue weighted by Crippen LogP contribution is 2.34. The van der Waals surface area contributed by atoms with E-state index in [1.165, 1.54) is 0 Å². The van der Waals surface area contributed by atoms with Crippen LogP contribution in [0, 0.1) is 13.8 Å². The van der Waals surface area contributed by atoms with Gasteiger partial charge in [0.05, 0.1) is 16.9 Å². The Hall–Kier alpha value is -2.43. The van der Waals surface area contributed by atoms with Crippen LogP contribution in [-0.4, -0.2) is 22.9 Å². The first kappa shape index (κ1) is 11.6. The maximum absolute atomic E-state index is 12.5. The molecule has 1 aromatic carbocycles. The minimum Gasteiger partial charge on any atom is -0.338 e. The van der Waals surface area contributed by atoms with Crippen LogP contribution in [-0.2, 0) is 0 Å². The monoisotopic (exact) mass is 254 g/mol. The highest BCUT2D eigenvalue weighted by Gasteiger charge is 2.26. The van der Waals surface area contributed by atoms with Crippen LogP contribution in [0.15, 0.2) is 24.3 Å². The van der Waals surface area contributed by atoms with E-state index in [1.54, 1.807) is 11.9 Å². The highest BCUT2D eigenvalue weighted by atomic mass is 16.2. The van der Waals surface area contributed by atoms with Crippen LogP contribution in [0.25, 0.3) is 0 Å². The molecule has 0 bridgehead atoms. The molecule has 1 aliphatic heterocycles. The van der Waals surface area contributed by atoms with Crippen LogP contribution < -0.4 is 10.2 Å². The number of carbonyl (C=O) groups is 1. The molecule has 0 radical (unpaired) electrons. The van der Waals surface area contributed by atoms with Crippen LogP contribution in [0.5, 0.6) is 0 Å². The van der Waals surface area contributed by atoms with Crippen molar-refractivity contribution in [3.8, 4) is 0 Å². The molecule has 1 aliphatic rings. The quantitative estimate of drug-likeness (QED) is 0.784. The molecule has 0 fully saturated rings. The summed E-state index contributed by atoms with van der Waals surface area (Å²) in [5.41, 5.74) is 2.93. The number of hydrogen-bond donors (Lipinski definition) is 1. The fourth-order valence-electron chi connectivity index (χ4n) is 2.38. The van der Waals surface area contributed by atoms with Crippen LogP contribution in [0.2, 0.25) is 0 Å². The first-order valence-corrected chi connectivity index (χ1v) is 6.07. The van der Waals surface area contributed by atoms with E-state index >= 15 is 0 Å². The summed E-state index contributed by atoms with van der Waals surface area (Å²) < 4.78 is 0. The lowest BCUT2D eigenvalue weighted by Crippen LogP contribution is -2.26. The average molecular weight is 254 g/mol. The molecule has 0 aliphatic carbocycles. The number of para-hydroxylation sites is 1. The number of amides is 1. The Morgan fingerprint density at radius 1 is 1.16 bits per heavy atom. The van der Waals surface area contributed by atoms with Gasteiger partial charge in [0.25, 0.3) is 5.91 Å². The summed E-state index contributed by atoms with van der Waals surface area (Å²) in [5.74, 6) is 1.30. The van der Waals surface area contributed by atoms with Crippen molar-refractivity contribution in [2.24, 2.45) is 0 Å². The predicted molar refractivity (Wildman–Crippen MR) is 74.0 cm³/mol. The fourth-order valence-corrected chi connectivity index (χ4v) is 2.38. The van der Waals surface area contributed by atoms with E-state index < -0.39 is 0 Å². The first-order valence-electron chi connectivity index (χ1n) is 6.07. The minimum absolute atomic E-state index is 0.0580. The zero-order valence-corrected chi connectivity index (χ0v) is 11.1. The molecule has 0 saturated carbocycles. The number of fused-ring (bicyclic) bond motifs is 2. The largest absolute Gasteiger partial charge is 0.338 e. The third-order valence-corrected chi connectivity index (χ3v) is 3.22. The second kappa shape index (κ2) is 4.05. The van der Waals surface area contributed by atoms with Crippen molar-refractivity contribution in [3.05, 3.63) is 41.3 Å². The Labute approximate surface area is 111 Å². The van der Waals surface area contributed by atoms with Crippen LogP contribution >= 0.6 is 0 Å². The predicted octanol–water partition coefficient (Wildman–Crippen LogP) is 2.43. The van der Waals surface area contributed by atoms with E-state index in [2.05, 4.69) is 15.3 Å². The van der Waals surface area contributed by atoms with Crippen LogP contribution in [0.3, 0.4) is 0 Å². The third-order valence-electron chi connectivity index (χ3n) is 3.22. The molecule has 0 unspecified atom stereocenters. The van der Waals surface area contributed by atoms with Crippen LogP contribution in [0.4, 0.5) is 17.2 Å². The van der Waals surface area contributed by atoms with Gasteiger partial charge in [-0.3, -0.25) is 4.79 Å². The van der Waals surface area contributed by atoms with Gasteiger partial charge in [-0.1, -0.05) is 12.1 Å². The van der Waals surface area contributed by atoms with Gasteiger partial charge >= 0.3 is 0 Å². The number of anilines is 3. The molecule has 0 saturated heterocycles. The maximum Gasteiger partial charge on any atom is 0.260 e. The van der Waals surface area contributed by atoms with Crippen molar-refractivity contribution < 1.29 is 4.79 Å². The lowest BCUT2D eigenvalue weighted by molar-refractivity contribution is 0.0994. The van der Waals surface area contributed by atoms with E-state index in [9.17, 15) is 4.79 Å². The summed E-state index contributed by atoms with van der Waals surface area (Å²) in [6.45, 7) is 3.72. The summed E-state index contributed by atoms with van der Waals surface area (Å²) in [5, 5.41) is 3.23. The Morgan fingerprint density at radius 3 is 2.68 bits per heavy atom. The minimum atomic E-state index is -0.0580. The second-order valence-electron chi connectivity index (χ2n) is 4.59. The number of carbonyl (C=O) groups excluding carboxylic acids is 1. The molecule has 96 valence electrons. The van der Waals surface area contributed by atoms with E-state index in [0.717, 1.165) is 17.1 Å². The number of aromatic nitrogens is 2. The molecule has 0 atom stereocenters. The molecule has 1 aromatic heterocycles. The van der Waals surface area contributed by atoms with Gasteiger partial charge in [0.1, 0.15) is 11.5 Å². The molecule has 1 N–H and O–H groups in total.